The third kappa shape index (κ3) is 8.97. The lowest BCUT2D eigenvalue weighted by atomic mass is 9.92. The summed E-state index contributed by atoms with van der Waals surface area (Å²) >= 11 is 0. The lowest BCUT2D eigenvalue weighted by Gasteiger charge is -2.56. The zero-order valence-corrected chi connectivity index (χ0v) is 32.5. The Bertz CT molecular complexity index is 1870. The molecule has 4 bridgehead atoms. The Balaban J connectivity index is 1.03. The van der Waals surface area contributed by atoms with E-state index in [0.717, 1.165) is 33.4 Å². The van der Waals surface area contributed by atoms with E-state index in [2.05, 4.69) is 6.07 Å². The molecule has 0 aromatic heterocycles. The molecule has 0 unspecified atom stereocenters. The van der Waals surface area contributed by atoms with Crippen molar-refractivity contribution in [3.8, 4) is 0 Å². The van der Waals surface area contributed by atoms with Crippen molar-refractivity contribution >= 4 is 0 Å². The molecule has 5 aromatic carbocycles. The summed E-state index contributed by atoms with van der Waals surface area (Å²) in [5, 5.41) is 0. The number of benzene rings is 5. The predicted octanol–water partition coefficient (Wildman–Crippen LogP) is 7.31. The van der Waals surface area contributed by atoms with Crippen molar-refractivity contribution in [2.75, 3.05) is 26.4 Å². The third-order valence-electron chi connectivity index (χ3n) is 11.3. The highest BCUT2D eigenvalue weighted by Crippen LogP contribution is 2.44. The summed E-state index contributed by atoms with van der Waals surface area (Å²) in [5.74, 6) is -2.69. The van der Waals surface area contributed by atoms with E-state index in [4.69, 9.17) is 47.4 Å². The van der Waals surface area contributed by atoms with Crippen LogP contribution < -0.4 is 0 Å². The quantitative estimate of drug-likeness (QED) is 0.128. The lowest BCUT2D eigenvalue weighted by molar-refractivity contribution is -0.460. The van der Waals surface area contributed by atoms with Gasteiger partial charge in [0.1, 0.15) is 49.8 Å². The highest BCUT2D eigenvalue weighted by Gasteiger charge is 2.63. The molecule has 0 saturated carbocycles. The molecule has 5 aliphatic heterocycles. The van der Waals surface area contributed by atoms with Gasteiger partial charge < -0.3 is 47.4 Å². The van der Waals surface area contributed by atoms with Gasteiger partial charge in [-0.2, -0.15) is 0 Å². The van der Waals surface area contributed by atoms with Gasteiger partial charge in [0.2, 0.25) is 11.6 Å². The molecular formula is C48H50O10. The van der Waals surface area contributed by atoms with E-state index in [1.54, 1.807) is 0 Å². The molecule has 8 atom stereocenters. The molecular weight excluding hydrogens is 737 g/mol. The Morgan fingerprint density at radius 1 is 0.414 bits per heavy atom. The second-order valence-electron chi connectivity index (χ2n) is 15.3. The summed E-state index contributed by atoms with van der Waals surface area (Å²) in [6.07, 6.45) is -3.60. The summed E-state index contributed by atoms with van der Waals surface area (Å²) < 4.78 is 67.8. The first-order valence-electron chi connectivity index (χ1n) is 20.1. The van der Waals surface area contributed by atoms with Crippen molar-refractivity contribution in [1.29, 1.82) is 0 Å². The van der Waals surface area contributed by atoms with Gasteiger partial charge in [0.25, 0.3) is 0 Å². The van der Waals surface area contributed by atoms with E-state index >= 15 is 0 Å². The molecule has 58 heavy (non-hydrogen) atoms. The van der Waals surface area contributed by atoms with E-state index < -0.39 is 48.2 Å². The first kappa shape index (κ1) is 39.2. The molecule has 5 aliphatic rings. The molecule has 0 amide bonds. The van der Waals surface area contributed by atoms with Gasteiger partial charge in [-0.25, -0.2) is 0 Å². The molecule has 2 spiro atoms. The molecule has 10 heteroatoms. The molecule has 5 heterocycles. The van der Waals surface area contributed by atoms with Gasteiger partial charge in [0, 0.05) is 0 Å². The van der Waals surface area contributed by atoms with Crippen molar-refractivity contribution < 1.29 is 47.4 Å². The number of hydrogen-bond donors (Lipinski definition) is 0. The predicted molar refractivity (Wildman–Crippen MR) is 213 cm³/mol. The third-order valence-corrected chi connectivity index (χ3v) is 11.3. The molecule has 0 aliphatic carbocycles. The van der Waals surface area contributed by atoms with Crippen LogP contribution in [-0.2, 0) is 87.0 Å². The summed E-state index contributed by atoms with van der Waals surface area (Å²) in [6, 6.07) is 48.6. The van der Waals surface area contributed by atoms with E-state index in [1.165, 1.54) is 0 Å². The second kappa shape index (κ2) is 18.3. The maximum Gasteiger partial charge on any atom is 0.222 e. The number of fused-ring (bicyclic) bond motifs is 4. The fourth-order valence-corrected chi connectivity index (χ4v) is 8.10. The van der Waals surface area contributed by atoms with Crippen molar-refractivity contribution in [3.05, 3.63) is 179 Å². The topological polar surface area (TPSA) is 92.3 Å². The molecule has 302 valence electrons. The van der Waals surface area contributed by atoms with Gasteiger partial charge in [0.15, 0.2) is 0 Å². The van der Waals surface area contributed by atoms with Crippen LogP contribution in [0.2, 0.25) is 0 Å². The highest BCUT2D eigenvalue weighted by molar-refractivity contribution is 5.23. The molecule has 0 N–H and O–H groups in total. The average Bonchev–Trinajstić information content (AvgIpc) is 3.29. The van der Waals surface area contributed by atoms with Crippen LogP contribution in [0.15, 0.2) is 146 Å². The summed E-state index contributed by atoms with van der Waals surface area (Å²) in [4.78, 5) is 0. The molecule has 0 radical (unpaired) electrons. The Morgan fingerprint density at radius 3 is 1.14 bits per heavy atom. The van der Waals surface area contributed by atoms with Crippen LogP contribution in [0.4, 0.5) is 0 Å². The molecule has 10 rings (SSSR count). The van der Waals surface area contributed by atoms with Crippen LogP contribution in [0.3, 0.4) is 0 Å². The van der Waals surface area contributed by atoms with E-state index in [0.29, 0.717) is 26.4 Å². The van der Waals surface area contributed by atoms with Gasteiger partial charge in [-0.15, -0.1) is 0 Å². The largest absolute Gasteiger partial charge is 0.368 e. The van der Waals surface area contributed by atoms with Crippen molar-refractivity contribution in [2.24, 2.45) is 0 Å². The van der Waals surface area contributed by atoms with Crippen LogP contribution in [-0.4, -0.2) is 74.6 Å². The monoisotopic (exact) mass is 786 g/mol. The van der Waals surface area contributed by atoms with Crippen LogP contribution in [0.5, 0.6) is 0 Å². The van der Waals surface area contributed by atoms with Crippen molar-refractivity contribution in [3.63, 3.8) is 0 Å². The Labute approximate surface area is 339 Å². The van der Waals surface area contributed by atoms with Crippen LogP contribution in [0, 0.1) is 0 Å². The fourth-order valence-electron chi connectivity index (χ4n) is 8.10. The fraction of sp³-hybridized carbons (Fsp3) is 0.375. The molecule has 5 aromatic rings. The van der Waals surface area contributed by atoms with Crippen LogP contribution in [0.1, 0.15) is 33.4 Å². The van der Waals surface area contributed by atoms with Crippen molar-refractivity contribution in [2.45, 2.75) is 87.8 Å². The minimum atomic E-state index is -1.35. The van der Waals surface area contributed by atoms with E-state index in [1.807, 2.05) is 140 Å². The molecule has 10 nitrogen and oxygen atoms in total. The maximum absolute atomic E-state index is 6.93. The molecule has 3 saturated heterocycles. The minimum absolute atomic E-state index is 0.0212. The van der Waals surface area contributed by atoms with Crippen LogP contribution in [0.25, 0.3) is 0 Å². The van der Waals surface area contributed by atoms with Gasteiger partial charge in [-0.05, 0) is 33.4 Å². The number of rotatable bonds is 12. The lowest BCUT2D eigenvalue weighted by Crippen LogP contribution is -2.74. The van der Waals surface area contributed by atoms with Gasteiger partial charge >= 0.3 is 0 Å². The Morgan fingerprint density at radius 2 is 0.776 bits per heavy atom. The number of hydrogen-bond acceptors (Lipinski definition) is 10. The van der Waals surface area contributed by atoms with Gasteiger partial charge in [0.05, 0.1) is 52.9 Å². The van der Waals surface area contributed by atoms with E-state index in [9.17, 15) is 0 Å². The Kier molecular flexibility index (Phi) is 12.4. The summed E-state index contributed by atoms with van der Waals surface area (Å²) in [6.45, 7) is 2.33. The summed E-state index contributed by atoms with van der Waals surface area (Å²) in [7, 11) is 0. The minimum Gasteiger partial charge on any atom is -0.368 e. The SMILES string of the molecule is c1ccc(CO[C@@H]2[C@H](OCc3ccccc3)CO[C@@]34CO[C@@]5(CO3)OC[C@@H](OCc3ccccc3)[C@@H](OCc3ccccc3)[C@@H]5OCc3cccc(c3)CO[C@@H]24)cc1. The van der Waals surface area contributed by atoms with Crippen molar-refractivity contribution in [1.82, 2.24) is 0 Å². The number of ether oxygens (including phenoxy) is 10. The standard InChI is InChI=1S/C48H50O10/c1-5-14-35(15-6-1)25-49-41-31-55-47-33-58-48(34-57-47)46(44(52-28-38-20-11-4-12-21-38)42(32-56-48)50-26-36-16-7-2-8-17-36)54-30-40-23-13-22-39(24-40)29-53-45(47)43(41)51-27-37-18-9-3-10-19-37/h1-24,41-46H,25-34H2/t41-,42-,43-,44-,45+,46+,47-,48+/m1/s1. The zero-order chi connectivity index (χ0) is 39.0. The van der Waals surface area contributed by atoms with E-state index in [-0.39, 0.29) is 39.6 Å². The second-order valence-corrected chi connectivity index (χ2v) is 15.3. The first-order valence-corrected chi connectivity index (χ1v) is 20.1. The van der Waals surface area contributed by atoms with Crippen LogP contribution >= 0.6 is 0 Å². The highest BCUT2D eigenvalue weighted by atomic mass is 16.8. The maximum atomic E-state index is 6.93. The average molecular weight is 787 g/mol. The Hall–Kier alpha value is -4.30. The first-order chi connectivity index (χ1) is 28.6. The molecule has 3 fully saturated rings. The smallest absolute Gasteiger partial charge is 0.222 e. The van der Waals surface area contributed by atoms with Gasteiger partial charge in [-0.1, -0.05) is 146 Å². The van der Waals surface area contributed by atoms with Gasteiger partial charge in [-0.3, -0.25) is 0 Å². The normalized spacial score (nSPS) is 29.6. The zero-order valence-electron chi connectivity index (χ0n) is 32.5. The summed E-state index contributed by atoms with van der Waals surface area (Å²) in [5.41, 5.74) is 6.09.